The Bertz CT molecular complexity index is 169. The van der Waals surface area contributed by atoms with E-state index in [1.54, 1.807) is 6.92 Å². The summed E-state index contributed by atoms with van der Waals surface area (Å²) in [5.41, 5.74) is 0. The third-order valence-electron chi connectivity index (χ3n) is 2.22. The minimum Gasteiger partial charge on any atom is -0.393 e. The fraction of sp³-hybridized carbons (Fsp3) is 1.00. The molecule has 3 radical (unpaired) electrons. The van der Waals surface area contributed by atoms with Gasteiger partial charge in [0.1, 0.15) is 20.1 Å². The Morgan fingerprint density at radius 3 is 2.50 bits per heavy atom. The van der Waals surface area contributed by atoms with E-state index in [0.29, 0.717) is 6.42 Å². The van der Waals surface area contributed by atoms with Gasteiger partial charge in [0.05, 0.1) is 12.2 Å². The van der Waals surface area contributed by atoms with Crippen LogP contribution in [0.1, 0.15) is 13.3 Å². The summed E-state index contributed by atoms with van der Waals surface area (Å²) in [4.78, 5) is 0. The van der Waals surface area contributed by atoms with Crippen LogP contribution in [0.25, 0.3) is 0 Å². The molecule has 0 saturated carbocycles. The molecular formula is C8H15BO4Y. The van der Waals surface area contributed by atoms with Crippen LogP contribution in [0.2, 0.25) is 0 Å². The quantitative estimate of drug-likeness (QED) is 0.650. The van der Waals surface area contributed by atoms with E-state index in [-0.39, 0.29) is 32.7 Å². The van der Waals surface area contributed by atoms with Gasteiger partial charge in [0.25, 0.3) is 0 Å². The maximum absolute atomic E-state index is 9.63. The molecule has 1 aliphatic rings. The molecule has 1 saturated heterocycles. The van der Waals surface area contributed by atoms with Crippen molar-refractivity contribution in [3.63, 3.8) is 0 Å². The maximum atomic E-state index is 9.63. The molecule has 0 aromatic rings. The summed E-state index contributed by atoms with van der Waals surface area (Å²) in [6.45, 7) is 1.64. The number of aliphatic hydroxyl groups is 2. The minimum atomic E-state index is -0.755. The first-order chi connectivity index (χ1) is 6.06. The van der Waals surface area contributed by atoms with Crippen molar-refractivity contribution in [3.8, 4) is 0 Å². The topological polar surface area (TPSA) is 58.9 Å². The fourth-order valence-electron chi connectivity index (χ4n) is 1.57. The Labute approximate surface area is 111 Å². The first kappa shape index (κ1) is 15.0. The Balaban J connectivity index is 0.00000169. The zero-order chi connectivity index (χ0) is 10.0. The normalized spacial score (nSPS) is 39.1. The standard InChI is InChI=1S/C8H15BO4.Y/c1-4(10)3-5-6(11)7(12-2)8(9)13-5;/h4-8,10-11H,3H2,1-2H3;. The molecule has 2 N–H and O–H groups in total. The molecule has 4 nitrogen and oxygen atoms in total. The van der Waals surface area contributed by atoms with Crippen LogP contribution < -0.4 is 0 Å². The molecule has 5 atom stereocenters. The molecule has 0 amide bonds. The predicted molar refractivity (Wildman–Crippen MR) is 47.5 cm³/mol. The van der Waals surface area contributed by atoms with Gasteiger partial charge in [-0.1, -0.05) is 0 Å². The first-order valence-corrected chi connectivity index (χ1v) is 4.36. The first-order valence-electron chi connectivity index (χ1n) is 4.36. The minimum absolute atomic E-state index is 0. The molecule has 77 valence electrons. The Morgan fingerprint density at radius 1 is 1.57 bits per heavy atom. The maximum Gasteiger partial charge on any atom is 0.112 e. The van der Waals surface area contributed by atoms with E-state index >= 15 is 0 Å². The fourth-order valence-corrected chi connectivity index (χ4v) is 1.57. The van der Waals surface area contributed by atoms with Crippen molar-refractivity contribution in [2.45, 2.75) is 43.8 Å². The predicted octanol–water partition coefficient (Wildman–Crippen LogP) is -0.976. The van der Waals surface area contributed by atoms with Crippen LogP contribution in [0, 0.1) is 0 Å². The van der Waals surface area contributed by atoms with E-state index < -0.39 is 30.4 Å². The van der Waals surface area contributed by atoms with Gasteiger partial charge in [-0.3, -0.25) is 0 Å². The Hall–Kier alpha value is 1.01. The van der Waals surface area contributed by atoms with E-state index in [4.69, 9.17) is 22.4 Å². The van der Waals surface area contributed by atoms with E-state index in [1.165, 1.54) is 7.11 Å². The zero-order valence-corrected chi connectivity index (χ0v) is 11.3. The summed E-state index contributed by atoms with van der Waals surface area (Å²) in [5.74, 6) is 0. The summed E-state index contributed by atoms with van der Waals surface area (Å²) >= 11 is 0. The van der Waals surface area contributed by atoms with Crippen LogP contribution in [0.15, 0.2) is 0 Å². The third kappa shape index (κ3) is 3.54. The van der Waals surface area contributed by atoms with Crippen molar-refractivity contribution in [2.24, 2.45) is 0 Å². The molecule has 0 aliphatic carbocycles. The van der Waals surface area contributed by atoms with Crippen molar-refractivity contribution < 1.29 is 52.4 Å². The van der Waals surface area contributed by atoms with Gasteiger partial charge in [0.2, 0.25) is 0 Å². The largest absolute Gasteiger partial charge is 0.393 e. The second-order valence-electron chi connectivity index (χ2n) is 3.41. The van der Waals surface area contributed by atoms with Crippen LogP contribution in [-0.2, 0) is 42.2 Å². The Kier molecular flexibility index (Phi) is 7.03. The van der Waals surface area contributed by atoms with Crippen LogP contribution in [-0.4, -0.2) is 55.6 Å². The molecule has 0 spiro atoms. The number of ether oxygens (including phenoxy) is 2. The third-order valence-corrected chi connectivity index (χ3v) is 2.22. The van der Waals surface area contributed by atoms with Crippen molar-refractivity contribution in [2.75, 3.05) is 7.11 Å². The van der Waals surface area contributed by atoms with Gasteiger partial charge in [0.15, 0.2) is 0 Å². The van der Waals surface area contributed by atoms with Gasteiger partial charge < -0.3 is 19.7 Å². The summed E-state index contributed by atoms with van der Waals surface area (Å²) < 4.78 is 10.2. The molecular weight excluding hydrogens is 260 g/mol. The number of hydrogen-bond acceptors (Lipinski definition) is 4. The number of rotatable bonds is 3. The van der Waals surface area contributed by atoms with E-state index in [2.05, 4.69) is 0 Å². The summed E-state index contributed by atoms with van der Waals surface area (Å²) in [7, 11) is 7.03. The number of hydrogen-bond donors (Lipinski definition) is 2. The molecule has 1 fully saturated rings. The molecule has 0 aromatic carbocycles. The molecule has 5 unspecified atom stereocenters. The van der Waals surface area contributed by atoms with E-state index in [0.717, 1.165) is 0 Å². The van der Waals surface area contributed by atoms with Gasteiger partial charge >= 0.3 is 0 Å². The second kappa shape index (κ2) is 6.56. The number of aliphatic hydroxyl groups excluding tert-OH is 2. The van der Waals surface area contributed by atoms with Crippen molar-refractivity contribution in [1.29, 1.82) is 0 Å². The molecule has 1 heterocycles. The molecule has 1 rings (SSSR count). The SMILES string of the molecule is [B]C1OC(CC(C)O)C(O)C1OC.[Y]. The van der Waals surface area contributed by atoms with Crippen molar-refractivity contribution >= 4 is 7.85 Å². The summed E-state index contributed by atoms with van der Waals surface area (Å²) in [6, 6.07) is -0.608. The average Bonchev–Trinajstić information content (AvgIpc) is 2.26. The molecule has 6 heteroatoms. The van der Waals surface area contributed by atoms with Crippen LogP contribution in [0.4, 0.5) is 0 Å². The monoisotopic (exact) mass is 275 g/mol. The zero-order valence-electron chi connectivity index (χ0n) is 8.46. The van der Waals surface area contributed by atoms with E-state index in [9.17, 15) is 5.11 Å². The molecule has 0 bridgehead atoms. The van der Waals surface area contributed by atoms with Crippen LogP contribution >= 0.6 is 0 Å². The van der Waals surface area contributed by atoms with Gasteiger partial charge in [-0.15, -0.1) is 0 Å². The van der Waals surface area contributed by atoms with Crippen molar-refractivity contribution in [1.82, 2.24) is 0 Å². The molecule has 0 aromatic heterocycles. The van der Waals surface area contributed by atoms with Crippen LogP contribution in [0.5, 0.6) is 0 Å². The second-order valence-corrected chi connectivity index (χ2v) is 3.41. The van der Waals surface area contributed by atoms with Gasteiger partial charge in [0, 0.05) is 52.2 Å². The summed E-state index contributed by atoms with van der Waals surface area (Å²) in [5, 5.41) is 18.7. The van der Waals surface area contributed by atoms with Gasteiger partial charge in [-0.25, -0.2) is 0 Å². The van der Waals surface area contributed by atoms with E-state index in [1.807, 2.05) is 0 Å². The van der Waals surface area contributed by atoms with Gasteiger partial charge in [-0.2, -0.15) is 0 Å². The average molecular weight is 275 g/mol. The van der Waals surface area contributed by atoms with Gasteiger partial charge in [-0.05, 0) is 6.92 Å². The summed E-state index contributed by atoms with van der Waals surface area (Å²) in [6.07, 6.45) is -1.82. The smallest absolute Gasteiger partial charge is 0.112 e. The Morgan fingerprint density at radius 2 is 2.14 bits per heavy atom. The molecule has 14 heavy (non-hydrogen) atoms. The van der Waals surface area contributed by atoms with Crippen molar-refractivity contribution in [3.05, 3.63) is 0 Å². The van der Waals surface area contributed by atoms with Crippen LogP contribution in [0.3, 0.4) is 0 Å². The number of methoxy groups -OCH3 is 1. The molecule has 1 aliphatic heterocycles.